The number of nitrogens with zero attached hydrogens (tertiary/aromatic N) is 2. The van der Waals surface area contributed by atoms with Crippen LogP contribution < -0.4 is 11.2 Å². The Morgan fingerprint density at radius 3 is 2.33 bits per heavy atom. The van der Waals surface area contributed by atoms with E-state index < -0.39 is 0 Å². The fourth-order valence-corrected chi connectivity index (χ4v) is 1.97. The van der Waals surface area contributed by atoms with E-state index in [1.807, 2.05) is 30.3 Å². The molecule has 1 heterocycles. The van der Waals surface area contributed by atoms with Gasteiger partial charge in [0.15, 0.2) is 0 Å². The first-order valence-electron chi connectivity index (χ1n) is 5.98. The van der Waals surface area contributed by atoms with Crippen LogP contribution in [0.5, 0.6) is 0 Å². The van der Waals surface area contributed by atoms with Gasteiger partial charge in [-0.15, -0.1) is 0 Å². The number of hydrogen-bond donors (Lipinski definition) is 0. The summed E-state index contributed by atoms with van der Waals surface area (Å²) in [5.41, 5.74) is 1.26. The molecule has 0 N–H and O–H groups in total. The summed E-state index contributed by atoms with van der Waals surface area (Å²) < 4.78 is 2.87. The highest BCUT2D eigenvalue weighted by Crippen LogP contribution is 2.02. The van der Waals surface area contributed by atoms with E-state index in [0.717, 1.165) is 5.56 Å². The predicted octanol–water partition coefficient (Wildman–Crippen LogP) is 1.39. The van der Waals surface area contributed by atoms with E-state index in [1.165, 1.54) is 10.6 Å². The van der Waals surface area contributed by atoms with Crippen molar-refractivity contribution >= 4 is 0 Å². The maximum Gasteiger partial charge on any atom is 0.331 e. The van der Waals surface area contributed by atoms with Gasteiger partial charge in [0, 0.05) is 18.3 Å². The van der Waals surface area contributed by atoms with Crippen LogP contribution in [0.15, 0.2) is 46.0 Å². The lowest BCUT2D eigenvalue weighted by Gasteiger charge is -2.12. The van der Waals surface area contributed by atoms with Gasteiger partial charge in [0.2, 0.25) is 0 Å². The van der Waals surface area contributed by atoms with Gasteiger partial charge in [-0.1, -0.05) is 30.3 Å². The van der Waals surface area contributed by atoms with E-state index in [4.69, 9.17) is 0 Å². The molecule has 0 spiro atoms. The topological polar surface area (TPSA) is 44.0 Å². The van der Waals surface area contributed by atoms with Gasteiger partial charge < -0.3 is 0 Å². The van der Waals surface area contributed by atoms with Crippen molar-refractivity contribution in [1.29, 1.82) is 0 Å². The van der Waals surface area contributed by atoms with E-state index in [1.54, 1.807) is 18.4 Å². The van der Waals surface area contributed by atoms with Gasteiger partial charge in [0.1, 0.15) is 0 Å². The second-order valence-corrected chi connectivity index (χ2v) is 4.22. The second-order valence-electron chi connectivity index (χ2n) is 4.22. The lowest BCUT2D eigenvalue weighted by Crippen LogP contribution is -2.40. The summed E-state index contributed by atoms with van der Waals surface area (Å²) in [4.78, 5) is 23.8. The number of aryl methyl sites for hydroxylation is 1. The van der Waals surface area contributed by atoms with Crippen LogP contribution in [-0.2, 0) is 13.1 Å². The van der Waals surface area contributed by atoms with Crippen molar-refractivity contribution in [3.8, 4) is 0 Å². The van der Waals surface area contributed by atoms with Crippen molar-refractivity contribution in [2.24, 2.45) is 0 Å². The molecule has 2 rings (SSSR count). The summed E-state index contributed by atoms with van der Waals surface area (Å²) in [5, 5.41) is 0. The van der Waals surface area contributed by atoms with Crippen LogP contribution in [0.3, 0.4) is 0 Å². The maximum absolute atomic E-state index is 12.2. The standard InChI is InChI=1S/C14H16N2O2/c1-3-15-13(17)9-11(2)16(14(15)18)10-12-7-5-4-6-8-12/h4-9H,3,10H2,1-2H3. The van der Waals surface area contributed by atoms with Crippen molar-refractivity contribution < 1.29 is 0 Å². The molecular weight excluding hydrogens is 228 g/mol. The zero-order valence-electron chi connectivity index (χ0n) is 10.6. The monoisotopic (exact) mass is 244 g/mol. The second kappa shape index (κ2) is 5.04. The van der Waals surface area contributed by atoms with Gasteiger partial charge in [0.25, 0.3) is 5.56 Å². The van der Waals surface area contributed by atoms with Crippen LogP contribution in [0, 0.1) is 6.92 Å². The number of rotatable bonds is 3. The van der Waals surface area contributed by atoms with E-state index >= 15 is 0 Å². The van der Waals surface area contributed by atoms with Crippen LogP contribution >= 0.6 is 0 Å². The minimum atomic E-state index is -0.244. The first-order valence-corrected chi connectivity index (χ1v) is 5.98. The summed E-state index contributed by atoms with van der Waals surface area (Å²) in [6.45, 7) is 4.47. The molecule has 0 amide bonds. The molecule has 0 bridgehead atoms. The largest absolute Gasteiger partial charge is 0.331 e. The van der Waals surface area contributed by atoms with Crippen molar-refractivity contribution in [2.45, 2.75) is 26.9 Å². The summed E-state index contributed by atoms with van der Waals surface area (Å²) in [6.07, 6.45) is 0. The van der Waals surface area contributed by atoms with Crippen LogP contribution in [-0.4, -0.2) is 9.13 Å². The summed E-state index contributed by atoms with van der Waals surface area (Å²) >= 11 is 0. The minimum Gasteiger partial charge on any atom is -0.293 e. The highest BCUT2D eigenvalue weighted by Gasteiger charge is 2.07. The molecule has 0 saturated carbocycles. The lowest BCUT2D eigenvalue weighted by molar-refractivity contribution is 0.585. The van der Waals surface area contributed by atoms with Gasteiger partial charge in [-0.25, -0.2) is 4.79 Å². The number of hydrogen-bond acceptors (Lipinski definition) is 2. The third-order valence-corrected chi connectivity index (χ3v) is 2.99. The zero-order valence-corrected chi connectivity index (χ0v) is 10.6. The third kappa shape index (κ3) is 2.27. The quantitative estimate of drug-likeness (QED) is 0.819. The van der Waals surface area contributed by atoms with E-state index in [9.17, 15) is 9.59 Å². The molecule has 0 unspecified atom stereocenters. The molecule has 0 aliphatic carbocycles. The fourth-order valence-electron chi connectivity index (χ4n) is 1.97. The molecule has 0 atom stereocenters. The maximum atomic E-state index is 12.2. The van der Waals surface area contributed by atoms with Gasteiger partial charge in [-0.3, -0.25) is 13.9 Å². The molecule has 0 aliphatic heterocycles. The Hall–Kier alpha value is -2.10. The van der Waals surface area contributed by atoms with Gasteiger partial charge >= 0.3 is 5.69 Å². The van der Waals surface area contributed by atoms with E-state index in [2.05, 4.69) is 0 Å². The van der Waals surface area contributed by atoms with Crippen LogP contribution in [0.2, 0.25) is 0 Å². The Morgan fingerprint density at radius 2 is 1.72 bits per heavy atom. The fraction of sp³-hybridized carbons (Fsp3) is 0.286. The summed E-state index contributed by atoms with van der Waals surface area (Å²) in [6, 6.07) is 11.2. The molecule has 4 nitrogen and oxygen atoms in total. The predicted molar refractivity (Wildman–Crippen MR) is 70.9 cm³/mol. The van der Waals surface area contributed by atoms with Crippen LogP contribution in [0.4, 0.5) is 0 Å². The lowest BCUT2D eigenvalue weighted by atomic mass is 10.2. The Morgan fingerprint density at radius 1 is 1.06 bits per heavy atom. The SMILES string of the molecule is CCn1c(=O)cc(C)n(Cc2ccccc2)c1=O. The molecule has 0 aliphatic rings. The molecule has 1 aromatic carbocycles. The van der Waals surface area contributed by atoms with Gasteiger partial charge in [-0.05, 0) is 19.4 Å². The van der Waals surface area contributed by atoms with E-state index in [-0.39, 0.29) is 11.2 Å². The Balaban J connectivity index is 2.52. The molecule has 0 radical (unpaired) electrons. The van der Waals surface area contributed by atoms with Crippen molar-refractivity contribution in [2.75, 3.05) is 0 Å². The van der Waals surface area contributed by atoms with Crippen LogP contribution in [0.25, 0.3) is 0 Å². The molecular formula is C14H16N2O2. The first kappa shape index (κ1) is 12.4. The molecule has 1 aromatic heterocycles. The number of aromatic nitrogens is 2. The van der Waals surface area contributed by atoms with Crippen molar-refractivity contribution in [3.63, 3.8) is 0 Å². The molecule has 4 heteroatoms. The number of benzene rings is 1. The third-order valence-electron chi connectivity index (χ3n) is 2.99. The summed E-state index contributed by atoms with van der Waals surface area (Å²) in [7, 11) is 0. The Labute approximate surface area is 105 Å². The Bertz CT molecular complexity index is 654. The molecule has 0 fully saturated rings. The van der Waals surface area contributed by atoms with Gasteiger partial charge in [0.05, 0.1) is 6.54 Å². The molecule has 2 aromatic rings. The van der Waals surface area contributed by atoms with Crippen molar-refractivity contribution in [1.82, 2.24) is 9.13 Å². The Kier molecular flexibility index (Phi) is 3.46. The molecule has 18 heavy (non-hydrogen) atoms. The minimum absolute atomic E-state index is 0.232. The molecule has 94 valence electrons. The average molecular weight is 244 g/mol. The highest BCUT2D eigenvalue weighted by molar-refractivity contribution is 5.16. The summed E-state index contributed by atoms with van der Waals surface area (Å²) in [5.74, 6) is 0. The highest BCUT2D eigenvalue weighted by atomic mass is 16.2. The zero-order chi connectivity index (χ0) is 13.1. The smallest absolute Gasteiger partial charge is 0.293 e. The first-order chi connectivity index (χ1) is 8.63. The van der Waals surface area contributed by atoms with E-state index in [0.29, 0.717) is 18.8 Å². The van der Waals surface area contributed by atoms with Gasteiger partial charge in [-0.2, -0.15) is 0 Å². The van der Waals surface area contributed by atoms with Crippen molar-refractivity contribution in [3.05, 3.63) is 68.5 Å². The average Bonchev–Trinajstić information content (AvgIpc) is 2.36. The van der Waals surface area contributed by atoms with Crippen LogP contribution in [0.1, 0.15) is 18.2 Å². The molecule has 0 saturated heterocycles. The normalized spacial score (nSPS) is 10.6.